The van der Waals surface area contributed by atoms with Crippen molar-refractivity contribution in [2.45, 2.75) is 20.0 Å². The standard InChI is InChI=1S/C21H24N4O3S/c1-14-17-20(23-13-24(2)21(17)27)29-18(14)19(26)22-11-15-4-3-5-16(10-15)12-25-6-8-28-9-7-25/h3-5,10,13H,6-9,11-12H2,1-2H3,(H,22,26). The van der Waals surface area contributed by atoms with Crippen molar-refractivity contribution in [3.05, 3.63) is 62.5 Å². The number of rotatable bonds is 5. The van der Waals surface area contributed by atoms with E-state index in [2.05, 4.69) is 27.3 Å². The molecule has 1 aliphatic heterocycles. The van der Waals surface area contributed by atoms with Gasteiger partial charge in [-0.15, -0.1) is 11.3 Å². The number of thiophene rings is 1. The van der Waals surface area contributed by atoms with E-state index in [0.29, 0.717) is 27.2 Å². The largest absolute Gasteiger partial charge is 0.379 e. The van der Waals surface area contributed by atoms with Crippen LogP contribution in [0.15, 0.2) is 35.4 Å². The van der Waals surface area contributed by atoms with Gasteiger partial charge in [-0.05, 0) is 23.6 Å². The maximum absolute atomic E-state index is 12.7. The molecule has 3 heterocycles. The fourth-order valence-electron chi connectivity index (χ4n) is 3.54. The molecule has 8 heteroatoms. The van der Waals surface area contributed by atoms with Crippen LogP contribution in [0.2, 0.25) is 0 Å². The Morgan fingerprint density at radius 2 is 2.03 bits per heavy atom. The number of ether oxygens (including phenoxy) is 1. The first-order chi connectivity index (χ1) is 14.0. The summed E-state index contributed by atoms with van der Waals surface area (Å²) in [6.45, 7) is 6.58. The minimum atomic E-state index is -0.175. The second-order valence-corrected chi connectivity index (χ2v) is 8.29. The van der Waals surface area contributed by atoms with Crippen molar-refractivity contribution in [3.63, 3.8) is 0 Å². The zero-order valence-corrected chi connectivity index (χ0v) is 17.4. The van der Waals surface area contributed by atoms with Crippen LogP contribution in [0.1, 0.15) is 26.4 Å². The van der Waals surface area contributed by atoms with E-state index in [0.717, 1.165) is 38.4 Å². The minimum absolute atomic E-state index is 0.126. The van der Waals surface area contributed by atoms with Gasteiger partial charge < -0.3 is 14.6 Å². The van der Waals surface area contributed by atoms with Crippen molar-refractivity contribution in [2.75, 3.05) is 26.3 Å². The van der Waals surface area contributed by atoms with Gasteiger partial charge in [0.1, 0.15) is 4.83 Å². The van der Waals surface area contributed by atoms with Crippen molar-refractivity contribution in [1.82, 2.24) is 19.8 Å². The van der Waals surface area contributed by atoms with Gasteiger partial charge in [-0.25, -0.2) is 4.98 Å². The Hall–Kier alpha value is -2.55. The molecule has 3 aromatic rings. The number of aromatic nitrogens is 2. The van der Waals surface area contributed by atoms with Crippen LogP contribution in [0.3, 0.4) is 0 Å². The molecule has 4 rings (SSSR count). The van der Waals surface area contributed by atoms with Gasteiger partial charge in [-0.1, -0.05) is 24.3 Å². The zero-order valence-electron chi connectivity index (χ0n) is 16.6. The highest BCUT2D eigenvalue weighted by atomic mass is 32.1. The van der Waals surface area contributed by atoms with Gasteiger partial charge in [0, 0.05) is 33.2 Å². The third kappa shape index (κ3) is 4.24. The van der Waals surface area contributed by atoms with E-state index in [9.17, 15) is 9.59 Å². The molecular formula is C21H24N4O3S. The first kappa shape index (κ1) is 19.8. The summed E-state index contributed by atoms with van der Waals surface area (Å²) in [5.74, 6) is -0.175. The minimum Gasteiger partial charge on any atom is -0.379 e. The molecule has 1 aliphatic rings. The third-order valence-corrected chi connectivity index (χ3v) is 6.37. The van der Waals surface area contributed by atoms with Gasteiger partial charge in [0.25, 0.3) is 11.5 Å². The van der Waals surface area contributed by atoms with Crippen LogP contribution in [0, 0.1) is 6.92 Å². The molecule has 0 spiro atoms. The van der Waals surface area contributed by atoms with Crippen LogP contribution in [-0.2, 0) is 24.9 Å². The van der Waals surface area contributed by atoms with E-state index in [4.69, 9.17) is 4.74 Å². The topological polar surface area (TPSA) is 76.5 Å². The molecule has 0 atom stereocenters. The van der Waals surface area contributed by atoms with Crippen LogP contribution < -0.4 is 10.9 Å². The number of carbonyl (C=O) groups excluding carboxylic acids is 1. The van der Waals surface area contributed by atoms with Crippen LogP contribution >= 0.6 is 11.3 Å². The first-order valence-corrected chi connectivity index (χ1v) is 10.5. The normalized spacial score (nSPS) is 15.0. The Kier molecular flexibility index (Phi) is 5.75. The van der Waals surface area contributed by atoms with E-state index in [1.165, 1.54) is 27.8 Å². The van der Waals surface area contributed by atoms with Crippen molar-refractivity contribution < 1.29 is 9.53 Å². The average Bonchev–Trinajstić information content (AvgIpc) is 3.07. The summed E-state index contributed by atoms with van der Waals surface area (Å²) in [7, 11) is 1.66. The molecule has 0 bridgehead atoms. The lowest BCUT2D eigenvalue weighted by molar-refractivity contribution is 0.0342. The summed E-state index contributed by atoms with van der Waals surface area (Å²) in [5, 5.41) is 3.51. The molecule has 0 radical (unpaired) electrons. The lowest BCUT2D eigenvalue weighted by Crippen LogP contribution is -2.35. The SMILES string of the molecule is Cc1c(C(=O)NCc2cccc(CN3CCOCC3)c2)sc2ncn(C)c(=O)c12. The van der Waals surface area contributed by atoms with Gasteiger partial charge in [0.2, 0.25) is 0 Å². The highest BCUT2D eigenvalue weighted by Gasteiger charge is 2.19. The lowest BCUT2D eigenvalue weighted by atomic mass is 10.1. The number of hydrogen-bond acceptors (Lipinski definition) is 6. The molecule has 0 aliphatic carbocycles. The van der Waals surface area contributed by atoms with E-state index in [1.54, 1.807) is 14.0 Å². The molecule has 0 unspecified atom stereocenters. The van der Waals surface area contributed by atoms with E-state index >= 15 is 0 Å². The van der Waals surface area contributed by atoms with E-state index in [-0.39, 0.29) is 11.5 Å². The maximum Gasteiger partial charge on any atom is 0.262 e. The number of morpholine rings is 1. The van der Waals surface area contributed by atoms with Crippen LogP contribution in [0.4, 0.5) is 0 Å². The zero-order chi connectivity index (χ0) is 20.4. The van der Waals surface area contributed by atoms with Crippen molar-refractivity contribution in [2.24, 2.45) is 7.05 Å². The summed E-state index contributed by atoms with van der Waals surface area (Å²) in [6.07, 6.45) is 1.49. The van der Waals surface area contributed by atoms with Gasteiger partial charge >= 0.3 is 0 Å². The van der Waals surface area contributed by atoms with E-state index < -0.39 is 0 Å². The smallest absolute Gasteiger partial charge is 0.262 e. The van der Waals surface area contributed by atoms with Gasteiger partial charge in [0.05, 0.1) is 29.8 Å². The molecule has 2 aromatic heterocycles. The number of nitrogens with one attached hydrogen (secondary N) is 1. The Balaban J connectivity index is 1.45. The molecule has 152 valence electrons. The number of aryl methyl sites for hydroxylation is 2. The molecular weight excluding hydrogens is 388 g/mol. The van der Waals surface area contributed by atoms with Gasteiger partial charge in [-0.3, -0.25) is 14.5 Å². The molecule has 1 amide bonds. The molecule has 0 saturated carbocycles. The summed E-state index contributed by atoms with van der Waals surface area (Å²) >= 11 is 1.26. The Morgan fingerprint density at radius 3 is 2.83 bits per heavy atom. The third-order valence-electron chi connectivity index (χ3n) is 5.17. The van der Waals surface area contributed by atoms with Crippen molar-refractivity contribution in [1.29, 1.82) is 0 Å². The summed E-state index contributed by atoms with van der Waals surface area (Å²) in [6, 6.07) is 8.27. The van der Waals surface area contributed by atoms with Crippen LogP contribution in [0.5, 0.6) is 0 Å². The number of hydrogen-bond donors (Lipinski definition) is 1. The Labute approximate surface area is 172 Å². The fraction of sp³-hybridized carbons (Fsp3) is 0.381. The number of fused-ring (bicyclic) bond motifs is 1. The molecule has 1 saturated heterocycles. The average molecular weight is 413 g/mol. The molecule has 1 fully saturated rings. The number of nitrogens with zero attached hydrogens (tertiary/aromatic N) is 3. The predicted molar refractivity (Wildman–Crippen MR) is 113 cm³/mol. The summed E-state index contributed by atoms with van der Waals surface area (Å²) in [5.41, 5.74) is 2.84. The number of amides is 1. The van der Waals surface area contributed by atoms with Crippen LogP contribution in [0.25, 0.3) is 10.2 Å². The van der Waals surface area contributed by atoms with Gasteiger partial charge in [-0.2, -0.15) is 0 Å². The van der Waals surface area contributed by atoms with Crippen molar-refractivity contribution >= 4 is 27.5 Å². The second kappa shape index (κ2) is 8.44. The first-order valence-electron chi connectivity index (χ1n) is 9.64. The van der Waals surface area contributed by atoms with E-state index in [1.807, 2.05) is 12.1 Å². The quantitative estimate of drug-likeness (QED) is 0.694. The molecule has 1 aromatic carbocycles. The Bertz CT molecular complexity index is 1100. The van der Waals surface area contributed by atoms with Gasteiger partial charge in [0.15, 0.2) is 0 Å². The molecule has 29 heavy (non-hydrogen) atoms. The highest BCUT2D eigenvalue weighted by Crippen LogP contribution is 2.26. The summed E-state index contributed by atoms with van der Waals surface area (Å²) < 4.78 is 6.83. The monoisotopic (exact) mass is 412 g/mol. The highest BCUT2D eigenvalue weighted by molar-refractivity contribution is 7.20. The lowest BCUT2D eigenvalue weighted by Gasteiger charge is -2.26. The maximum atomic E-state index is 12.7. The Morgan fingerprint density at radius 1 is 1.28 bits per heavy atom. The molecule has 1 N–H and O–H groups in total. The second-order valence-electron chi connectivity index (χ2n) is 7.29. The fourth-order valence-corrected chi connectivity index (χ4v) is 4.60. The summed E-state index contributed by atoms with van der Waals surface area (Å²) in [4.78, 5) is 32.9. The van der Waals surface area contributed by atoms with Crippen LogP contribution in [-0.4, -0.2) is 46.7 Å². The number of carbonyl (C=O) groups is 1. The predicted octanol–water partition coefficient (Wildman–Crippen LogP) is 2.07. The van der Waals surface area contributed by atoms with Crippen molar-refractivity contribution in [3.8, 4) is 0 Å². The molecule has 7 nitrogen and oxygen atoms in total. The number of benzene rings is 1.